The Labute approximate surface area is 154 Å². The predicted octanol–water partition coefficient (Wildman–Crippen LogP) is 2.41. The zero-order valence-corrected chi connectivity index (χ0v) is 15.9. The van der Waals surface area contributed by atoms with Gasteiger partial charge in [0.05, 0.1) is 20.6 Å². The highest BCUT2D eigenvalue weighted by Gasteiger charge is 2.19. The van der Waals surface area contributed by atoms with Crippen molar-refractivity contribution in [2.75, 3.05) is 45.0 Å². The molecule has 0 saturated heterocycles. The third-order valence-corrected chi connectivity index (χ3v) is 4.29. The molecule has 134 valence electrons. The molecule has 25 heavy (non-hydrogen) atoms. The number of hydrogen-bond acceptors (Lipinski definition) is 2. The van der Waals surface area contributed by atoms with Crippen molar-refractivity contribution in [3.8, 4) is 0 Å². The summed E-state index contributed by atoms with van der Waals surface area (Å²) in [5.74, 6) is 0. The number of carbonyl (C=O) groups excluding carboxylic acids is 1. The molecule has 0 aliphatic heterocycles. The second-order valence-electron chi connectivity index (χ2n) is 6.46. The molecular formula is C19H26ClN4O+. The normalized spacial score (nSPS) is 11.9. The van der Waals surface area contributed by atoms with Crippen LogP contribution in [-0.2, 0) is 0 Å². The predicted molar refractivity (Wildman–Crippen MR) is 105 cm³/mol. The van der Waals surface area contributed by atoms with Gasteiger partial charge in [0.1, 0.15) is 6.04 Å². The monoisotopic (exact) mass is 361 g/mol. The number of carbonyl (C=O) groups is 1. The number of urea groups is 1. The summed E-state index contributed by atoms with van der Waals surface area (Å²) in [5.41, 5.74) is 3.02. The molecule has 0 bridgehead atoms. The van der Waals surface area contributed by atoms with Gasteiger partial charge >= 0.3 is 6.03 Å². The minimum atomic E-state index is -0.238. The summed E-state index contributed by atoms with van der Waals surface area (Å²) in [4.78, 5) is 15.5. The largest absolute Gasteiger partial charge is 0.378 e. The Morgan fingerprint density at radius 2 is 1.84 bits per heavy atom. The lowest BCUT2D eigenvalue weighted by Crippen LogP contribution is -3.07. The summed E-state index contributed by atoms with van der Waals surface area (Å²) < 4.78 is 0. The van der Waals surface area contributed by atoms with E-state index in [1.165, 1.54) is 10.5 Å². The van der Waals surface area contributed by atoms with Crippen molar-refractivity contribution in [2.24, 2.45) is 0 Å². The minimum absolute atomic E-state index is 0.168. The summed E-state index contributed by atoms with van der Waals surface area (Å²) >= 11 is 5.93. The van der Waals surface area contributed by atoms with Crippen molar-refractivity contribution in [1.29, 1.82) is 0 Å². The SMILES string of the molecule is CN(C)c1ccc([C@@H](CNC(=O)Nc2cccc(Cl)c2)[NH+](C)C)cc1. The van der Waals surface area contributed by atoms with Crippen molar-refractivity contribution in [3.63, 3.8) is 0 Å². The molecule has 0 radical (unpaired) electrons. The van der Waals surface area contributed by atoms with E-state index < -0.39 is 0 Å². The highest BCUT2D eigenvalue weighted by atomic mass is 35.5. The Morgan fingerprint density at radius 3 is 2.40 bits per heavy atom. The van der Waals surface area contributed by atoms with Gasteiger partial charge in [-0.05, 0) is 30.3 Å². The molecular weight excluding hydrogens is 336 g/mol. The maximum atomic E-state index is 12.1. The first-order chi connectivity index (χ1) is 11.9. The molecule has 5 nitrogen and oxygen atoms in total. The Morgan fingerprint density at radius 1 is 1.16 bits per heavy atom. The fourth-order valence-corrected chi connectivity index (χ4v) is 2.79. The van der Waals surface area contributed by atoms with E-state index in [0.717, 1.165) is 5.69 Å². The lowest BCUT2D eigenvalue weighted by Gasteiger charge is -2.23. The molecule has 0 heterocycles. The molecule has 0 unspecified atom stereocenters. The van der Waals surface area contributed by atoms with E-state index in [1.54, 1.807) is 24.3 Å². The summed E-state index contributed by atoms with van der Waals surface area (Å²) in [5, 5.41) is 6.34. The maximum absolute atomic E-state index is 12.1. The highest BCUT2D eigenvalue weighted by molar-refractivity contribution is 6.30. The van der Waals surface area contributed by atoms with Crippen molar-refractivity contribution in [3.05, 3.63) is 59.1 Å². The molecule has 0 aliphatic carbocycles. The number of benzene rings is 2. The molecule has 2 amide bonds. The van der Waals surface area contributed by atoms with Gasteiger partial charge in [-0.2, -0.15) is 0 Å². The molecule has 0 aromatic heterocycles. The van der Waals surface area contributed by atoms with Crippen LogP contribution in [0.3, 0.4) is 0 Å². The molecule has 0 fully saturated rings. The molecule has 2 aromatic rings. The van der Waals surface area contributed by atoms with Crippen LogP contribution in [0.15, 0.2) is 48.5 Å². The van der Waals surface area contributed by atoms with E-state index in [0.29, 0.717) is 17.3 Å². The Bertz CT molecular complexity index is 701. The highest BCUT2D eigenvalue weighted by Crippen LogP contribution is 2.17. The van der Waals surface area contributed by atoms with Crippen LogP contribution in [0.4, 0.5) is 16.2 Å². The van der Waals surface area contributed by atoms with Gasteiger partial charge in [-0.3, -0.25) is 0 Å². The summed E-state index contributed by atoms with van der Waals surface area (Å²) in [6.45, 7) is 0.538. The second kappa shape index (κ2) is 8.74. The van der Waals surface area contributed by atoms with E-state index in [4.69, 9.17) is 11.6 Å². The van der Waals surface area contributed by atoms with E-state index in [2.05, 4.69) is 53.9 Å². The van der Waals surface area contributed by atoms with Crippen LogP contribution in [0, 0.1) is 0 Å². The van der Waals surface area contributed by atoms with Crippen LogP contribution in [0.1, 0.15) is 11.6 Å². The van der Waals surface area contributed by atoms with Crippen LogP contribution < -0.4 is 20.4 Å². The van der Waals surface area contributed by atoms with Crippen LogP contribution in [0.5, 0.6) is 0 Å². The molecule has 0 saturated carbocycles. The van der Waals surface area contributed by atoms with Crippen molar-refractivity contribution < 1.29 is 9.69 Å². The average Bonchev–Trinajstić information content (AvgIpc) is 2.55. The minimum Gasteiger partial charge on any atom is -0.378 e. The number of amides is 2. The first-order valence-electron chi connectivity index (χ1n) is 8.24. The molecule has 2 rings (SSSR count). The van der Waals surface area contributed by atoms with Gasteiger partial charge in [0.25, 0.3) is 0 Å². The van der Waals surface area contributed by atoms with Gasteiger partial charge in [-0.15, -0.1) is 0 Å². The summed E-state index contributed by atoms with van der Waals surface area (Å²) in [6.07, 6.45) is 0. The summed E-state index contributed by atoms with van der Waals surface area (Å²) in [7, 11) is 8.21. The van der Waals surface area contributed by atoms with Crippen molar-refractivity contribution in [1.82, 2.24) is 5.32 Å². The van der Waals surface area contributed by atoms with Gasteiger partial charge in [0.2, 0.25) is 0 Å². The third-order valence-electron chi connectivity index (χ3n) is 4.06. The smallest absolute Gasteiger partial charge is 0.319 e. The van der Waals surface area contributed by atoms with Crippen LogP contribution in [0.25, 0.3) is 0 Å². The fourth-order valence-electron chi connectivity index (χ4n) is 2.60. The van der Waals surface area contributed by atoms with Gasteiger partial charge in [0, 0.05) is 36.1 Å². The number of nitrogens with zero attached hydrogens (tertiary/aromatic N) is 1. The van der Waals surface area contributed by atoms with Crippen molar-refractivity contribution in [2.45, 2.75) is 6.04 Å². The number of hydrogen-bond donors (Lipinski definition) is 3. The number of likely N-dealkylation sites (N-methyl/N-ethyl adjacent to an activating group) is 1. The quantitative estimate of drug-likeness (QED) is 0.740. The zero-order valence-electron chi connectivity index (χ0n) is 15.1. The molecule has 1 atom stereocenters. The number of rotatable bonds is 6. The Hall–Kier alpha value is -2.24. The average molecular weight is 362 g/mol. The molecule has 0 spiro atoms. The lowest BCUT2D eigenvalue weighted by molar-refractivity contribution is -0.890. The number of anilines is 2. The van der Waals surface area contributed by atoms with Gasteiger partial charge in [0.15, 0.2) is 0 Å². The Kier molecular flexibility index (Phi) is 6.67. The molecule has 2 aromatic carbocycles. The number of quaternary nitrogens is 1. The lowest BCUT2D eigenvalue weighted by atomic mass is 10.1. The number of nitrogens with one attached hydrogen (secondary N) is 3. The van der Waals surface area contributed by atoms with Gasteiger partial charge in [-0.25, -0.2) is 4.79 Å². The summed E-state index contributed by atoms with van der Waals surface area (Å²) in [6, 6.07) is 15.4. The zero-order chi connectivity index (χ0) is 18.4. The van der Waals surface area contributed by atoms with Gasteiger partial charge < -0.3 is 20.4 Å². The van der Waals surface area contributed by atoms with E-state index >= 15 is 0 Å². The maximum Gasteiger partial charge on any atom is 0.319 e. The standard InChI is InChI=1S/C19H25ClN4O/c1-23(2)17-10-8-14(9-11-17)18(24(3)4)13-21-19(25)22-16-7-5-6-15(20)12-16/h5-12,18H,13H2,1-4H3,(H2,21,22,25)/p+1/t18-/m1/s1. The van der Waals surface area contributed by atoms with Crippen LogP contribution in [-0.4, -0.2) is 40.8 Å². The van der Waals surface area contributed by atoms with E-state index in [9.17, 15) is 4.79 Å². The fraction of sp³-hybridized carbons (Fsp3) is 0.316. The van der Waals surface area contributed by atoms with Crippen molar-refractivity contribution >= 4 is 29.0 Å². The van der Waals surface area contributed by atoms with E-state index in [1.807, 2.05) is 14.1 Å². The molecule has 3 N–H and O–H groups in total. The van der Waals surface area contributed by atoms with Crippen LogP contribution >= 0.6 is 11.6 Å². The topological polar surface area (TPSA) is 48.8 Å². The first kappa shape index (κ1) is 19.1. The second-order valence-corrected chi connectivity index (χ2v) is 6.90. The van der Waals surface area contributed by atoms with E-state index in [-0.39, 0.29) is 12.1 Å². The number of halogens is 1. The Balaban J connectivity index is 1.98. The first-order valence-corrected chi connectivity index (χ1v) is 8.62. The van der Waals surface area contributed by atoms with Gasteiger partial charge in [-0.1, -0.05) is 29.8 Å². The third kappa shape index (κ3) is 5.66. The molecule has 6 heteroatoms. The van der Waals surface area contributed by atoms with Crippen LogP contribution in [0.2, 0.25) is 5.02 Å². The molecule has 0 aliphatic rings.